The van der Waals surface area contributed by atoms with E-state index in [1.165, 1.54) is 0 Å². The Bertz CT molecular complexity index is 501. The van der Waals surface area contributed by atoms with Crippen LogP contribution in [-0.2, 0) is 13.2 Å². The van der Waals surface area contributed by atoms with Gasteiger partial charge in [-0.25, -0.2) is 4.98 Å². The van der Waals surface area contributed by atoms with Gasteiger partial charge in [0.2, 0.25) is 0 Å². The maximum Gasteiger partial charge on any atom is 0.140 e. The van der Waals surface area contributed by atoms with Crippen LogP contribution in [0, 0.1) is 0 Å². The van der Waals surface area contributed by atoms with Gasteiger partial charge in [0.05, 0.1) is 10.7 Å². The third-order valence-corrected chi connectivity index (χ3v) is 3.53. The van der Waals surface area contributed by atoms with Crippen LogP contribution in [0.1, 0.15) is 17.6 Å². The van der Waals surface area contributed by atoms with Gasteiger partial charge in [0.25, 0.3) is 0 Å². The van der Waals surface area contributed by atoms with Crippen molar-refractivity contribution in [2.24, 2.45) is 0 Å². The van der Waals surface area contributed by atoms with Crippen molar-refractivity contribution in [3.8, 4) is 5.75 Å². The van der Waals surface area contributed by atoms with Crippen LogP contribution in [0.15, 0.2) is 29.6 Å². The SMILES string of the molecule is CCNCc1csc(COc2ccccc2Cl)n1. The number of aromatic nitrogens is 1. The van der Waals surface area contributed by atoms with E-state index in [2.05, 4.69) is 17.2 Å². The van der Waals surface area contributed by atoms with E-state index in [0.29, 0.717) is 17.4 Å². The highest BCUT2D eigenvalue weighted by molar-refractivity contribution is 7.09. The predicted octanol–water partition coefficient (Wildman–Crippen LogP) is 3.49. The van der Waals surface area contributed by atoms with E-state index in [1.54, 1.807) is 11.3 Å². The second-order valence-corrected chi connectivity index (χ2v) is 5.08. The lowest BCUT2D eigenvalue weighted by atomic mass is 10.3. The molecule has 2 aromatic rings. The minimum absolute atomic E-state index is 0.459. The van der Waals surface area contributed by atoms with Gasteiger partial charge in [0.1, 0.15) is 17.4 Å². The fraction of sp³-hybridized carbons (Fsp3) is 0.308. The van der Waals surface area contributed by atoms with Crippen molar-refractivity contribution >= 4 is 22.9 Å². The highest BCUT2D eigenvalue weighted by atomic mass is 35.5. The fourth-order valence-electron chi connectivity index (χ4n) is 1.45. The first-order valence-electron chi connectivity index (χ1n) is 5.81. The summed E-state index contributed by atoms with van der Waals surface area (Å²) < 4.78 is 5.64. The summed E-state index contributed by atoms with van der Waals surface area (Å²) >= 11 is 7.62. The molecule has 0 radical (unpaired) electrons. The van der Waals surface area contributed by atoms with Crippen molar-refractivity contribution < 1.29 is 4.74 Å². The van der Waals surface area contributed by atoms with E-state index in [1.807, 2.05) is 29.6 Å². The molecule has 0 aliphatic rings. The van der Waals surface area contributed by atoms with E-state index >= 15 is 0 Å². The van der Waals surface area contributed by atoms with E-state index in [9.17, 15) is 0 Å². The largest absolute Gasteiger partial charge is 0.485 e. The molecule has 1 heterocycles. The lowest BCUT2D eigenvalue weighted by Crippen LogP contribution is -2.12. The zero-order chi connectivity index (χ0) is 12.8. The molecule has 0 aliphatic carbocycles. The Balaban J connectivity index is 1.90. The summed E-state index contributed by atoms with van der Waals surface area (Å²) in [7, 11) is 0. The second kappa shape index (κ2) is 6.73. The average Bonchev–Trinajstić information content (AvgIpc) is 2.83. The Morgan fingerprint density at radius 3 is 3.00 bits per heavy atom. The summed E-state index contributed by atoms with van der Waals surface area (Å²) in [6.45, 7) is 4.29. The number of hydrogen-bond acceptors (Lipinski definition) is 4. The molecule has 1 N–H and O–H groups in total. The molecular weight excluding hydrogens is 268 g/mol. The Hall–Kier alpha value is -1.10. The van der Waals surface area contributed by atoms with Gasteiger partial charge in [-0.3, -0.25) is 0 Å². The summed E-state index contributed by atoms with van der Waals surface area (Å²) in [5.41, 5.74) is 1.06. The maximum atomic E-state index is 6.01. The van der Waals surface area contributed by atoms with E-state index in [-0.39, 0.29) is 0 Å². The first-order chi connectivity index (χ1) is 8.79. The fourth-order valence-corrected chi connectivity index (χ4v) is 2.35. The second-order valence-electron chi connectivity index (χ2n) is 3.73. The van der Waals surface area contributed by atoms with Crippen LogP contribution in [0.5, 0.6) is 5.75 Å². The van der Waals surface area contributed by atoms with Crippen LogP contribution in [0.2, 0.25) is 5.02 Å². The maximum absolute atomic E-state index is 6.01. The Morgan fingerprint density at radius 2 is 2.22 bits per heavy atom. The summed E-state index contributed by atoms with van der Waals surface area (Å²) in [5.74, 6) is 0.697. The number of para-hydroxylation sites is 1. The summed E-state index contributed by atoms with van der Waals surface area (Å²) in [5, 5.41) is 6.88. The van der Waals surface area contributed by atoms with Crippen molar-refractivity contribution in [2.45, 2.75) is 20.1 Å². The standard InChI is InChI=1S/C13H15ClN2OS/c1-2-15-7-10-9-18-13(16-10)8-17-12-6-4-3-5-11(12)14/h3-6,9,15H,2,7-8H2,1H3. The van der Waals surface area contributed by atoms with Gasteiger partial charge in [0, 0.05) is 11.9 Å². The average molecular weight is 283 g/mol. The predicted molar refractivity (Wildman–Crippen MR) is 75.3 cm³/mol. The van der Waals surface area contributed by atoms with Crippen LogP contribution in [0.4, 0.5) is 0 Å². The van der Waals surface area contributed by atoms with Crippen molar-refractivity contribution in [1.29, 1.82) is 0 Å². The van der Waals surface area contributed by atoms with Crippen molar-refractivity contribution in [3.63, 3.8) is 0 Å². The van der Waals surface area contributed by atoms with Gasteiger partial charge < -0.3 is 10.1 Å². The van der Waals surface area contributed by atoms with Crippen LogP contribution in [-0.4, -0.2) is 11.5 Å². The molecule has 0 bridgehead atoms. The molecule has 0 saturated carbocycles. The molecule has 1 aromatic carbocycles. The Kier molecular flexibility index (Phi) is 4.99. The number of ether oxygens (including phenoxy) is 1. The Morgan fingerprint density at radius 1 is 1.39 bits per heavy atom. The first-order valence-corrected chi connectivity index (χ1v) is 7.06. The number of rotatable bonds is 6. The van der Waals surface area contributed by atoms with Gasteiger partial charge in [-0.1, -0.05) is 30.7 Å². The topological polar surface area (TPSA) is 34.1 Å². The summed E-state index contributed by atoms with van der Waals surface area (Å²) in [6.07, 6.45) is 0. The van der Waals surface area contributed by atoms with Crippen LogP contribution in [0.3, 0.4) is 0 Å². The third-order valence-electron chi connectivity index (χ3n) is 2.34. The molecule has 3 nitrogen and oxygen atoms in total. The normalized spacial score (nSPS) is 10.6. The van der Waals surface area contributed by atoms with Crippen LogP contribution in [0.25, 0.3) is 0 Å². The van der Waals surface area contributed by atoms with Crippen molar-refractivity contribution in [2.75, 3.05) is 6.54 Å². The van der Waals surface area contributed by atoms with Gasteiger partial charge >= 0.3 is 0 Å². The Labute approximate surface area is 116 Å². The molecule has 0 aliphatic heterocycles. The lowest BCUT2D eigenvalue weighted by molar-refractivity contribution is 0.305. The zero-order valence-electron chi connectivity index (χ0n) is 10.1. The smallest absolute Gasteiger partial charge is 0.140 e. The van der Waals surface area contributed by atoms with Gasteiger partial charge in [0.15, 0.2) is 0 Å². The molecular formula is C13H15ClN2OS. The molecule has 0 saturated heterocycles. The molecule has 1 aromatic heterocycles. The number of hydrogen-bond donors (Lipinski definition) is 1. The zero-order valence-corrected chi connectivity index (χ0v) is 11.7. The molecule has 0 spiro atoms. The number of halogens is 1. The highest BCUT2D eigenvalue weighted by Gasteiger charge is 2.04. The van der Waals surface area contributed by atoms with Crippen molar-refractivity contribution in [3.05, 3.63) is 45.4 Å². The minimum atomic E-state index is 0.459. The van der Waals surface area contributed by atoms with E-state index < -0.39 is 0 Å². The van der Waals surface area contributed by atoms with Gasteiger partial charge in [-0.05, 0) is 18.7 Å². The molecule has 0 amide bonds. The number of benzene rings is 1. The lowest BCUT2D eigenvalue weighted by Gasteiger charge is -2.05. The number of nitrogens with zero attached hydrogens (tertiary/aromatic N) is 1. The third kappa shape index (κ3) is 3.70. The molecule has 2 rings (SSSR count). The quantitative estimate of drug-likeness (QED) is 0.881. The van der Waals surface area contributed by atoms with E-state index in [0.717, 1.165) is 23.8 Å². The van der Waals surface area contributed by atoms with Gasteiger partial charge in [-0.2, -0.15) is 0 Å². The van der Waals surface area contributed by atoms with Crippen LogP contribution >= 0.6 is 22.9 Å². The van der Waals surface area contributed by atoms with Gasteiger partial charge in [-0.15, -0.1) is 11.3 Å². The molecule has 0 atom stereocenters. The van der Waals surface area contributed by atoms with E-state index in [4.69, 9.17) is 16.3 Å². The monoisotopic (exact) mass is 282 g/mol. The molecule has 0 unspecified atom stereocenters. The molecule has 96 valence electrons. The van der Waals surface area contributed by atoms with Crippen LogP contribution < -0.4 is 10.1 Å². The molecule has 18 heavy (non-hydrogen) atoms. The summed E-state index contributed by atoms with van der Waals surface area (Å²) in [4.78, 5) is 4.48. The first kappa shape index (κ1) is 13.3. The number of nitrogens with one attached hydrogen (secondary N) is 1. The molecule has 5 heteroatoms. The number of thiazole rings is 1. The minimum Gasteiger partial charge on any atom is -0.485 e. The highest BCUT2D eigenvalue weighted by Crippen LogP contribution is 2.24. The summed E-state index contributed by atoms with van der Waals surface area (Å²) in [6, 6.07) is 7.46. The van der Waals surface area contributed by atoms with Crippen molar-refractivity contribution in [1.82, 2.24) is 10.3 Å². The molecule has 0 fully saturated rings.